The van der Waals surface area contributed by atoms with E-state index in [0.717, 1.165) is 30.2 Å². The highest BCUT2D eigenvalue weighted by atomic mass is 16.2. The van der Waals surface area contributed by atoms with Gasteiger partial charge in [0.2, 0.25) is 5.82 Å². The molecule has 0 radical (unpaired) electrons. The number of rotatable bonds is 3. The van der Waals surface area contributed by atoms with Gasteiger partial charge in [-0.3, -0.25) is 9.69 Å². The Morgan fingerprint density at radius 2 is 1.46 bits per heavy atom. The highest BCUT2D eigenvalue weighted by Crippen LogP contribution is 2.47. The summed E-state index contributed by atoms with van der Waals surface area (Å²) in [5.74, 6) is 2.05. The summed E-state index contributed by atoms with van der Waals surface area (Å²) in [5.41, 5.74) is 6.44. The van der Waals surface area contributed by atoms with Crippen LogP contribution < -0.4 is 17.0 Å². The maximum atomic E-state index is 14.0. The summed E-state index contributed by atoms with van der Waals surface area (Å²) in [4.78, 5) is 37.9. The Labute approximate surface area is 216 Å². The van der Waals surface area contributed by atoms with E-state index in [4.69, 9.17) is 5.73 Å². The molecule has 4 bridgehead atoms. The van der Waals surface area contributed by atoms with Crippen LogP contribution in [0, 0.1) is 11.8 Å². The van der Waals surface area contributed by atoms with Gasteiger partial charge in [0.1, 0.15) is 5.82 Å². The first kappa shape index (κ1) is 23.1. The number of nitrogens with two attached hydrogens (primary N) is 1. The van der Waals surface area contributed by atoms with Gasteiger partial charge in [0, 0.05) is 30.4 Å². The summed E-state index contributed by atoms with van der Waals surface area (Å²) in [6, 6.07) is 11.2. The first-order chi connectivity index (χ1) is 18.0. The third-order valence-corrected chi connectivity index (χ3v) is 9.73. The largest absolute Gasteiger partial charge is 0.383 e. The van der Waals surface area contributed by atoms with E-state index in [0.29, 0.717) is 23.6 Å². The molecule has 4 unspecified atom stereocenters. The average molecular weight is 501 g/mol. The minimum atomic E-state index is -0.583. The number of piperidine rings is 1. The van der Waals surface area contributed by atoms with Gasteiger partial charge < -0.3 is 10.3 Å². The van der Waals surface area contributed by atoms with Crippen LogP contribution in [-0.2, 0) is 0 Å². The van der Waals surface area contributed by atoms with E-state index < -0.39 is 5.69 Å². The number of aromatic nitrogens is 4. The van der Waals surface area contributed by atoms with Crippen molar-refractivity contribution < 1.29 is 0 Å². The summed E-state index contributed by atoms with van der Waals surface area (Å²) in [6.07, 6.45) is 15.7. The molecule has 37 heavy (non-hydrogen) atoms. The van der Waals surface area contributed by atoms with Crippen molar-refractivity contribution in [3.63, 3.8) is 0 Å². The molecule has 4 fully saturated rings. The van der Waals surface area contributed by atoms with Crippen LogP contribution in [0.15, 0.2) is 46.1 Å². The molecular formula is C29H36N6O2. The second-order valence-electron chi connectivity index (χ2n) is 11.9. The lowest BCUT2D eigenvalue weighted by Gasteiger charge is -2.48. The van der Waals surface area contributed by atoms with Gasteiger partial charge in [0.15, 0.2) is 0 Å². The SMILES string of the molecule is Nc1ccn(-c2nc3ccccc3n(C3CC4CCC(C3)N4C3CC4CCCCC(C4)C3)c2=O)c(=O)n1. The minimum Gasteiger partial charge on any atom is -0.383 e. The van der Waals surface area contributed by atoms with E-state index in [1.165, 1.54) is 74.6 Å². The van der Waals surface area contributed by atoms with E-state index in [2.05, 4.69) is 14.9 Å². The Bertz CT molecular complexity index is 1420. The van der Waals surface area contributed by atoms with E-state index in [-0.39, 0.29) is 23.2 Å². The zero-order valence-corrected chi connectivity index (χ0v) is 21.3. The monoisotopic (exact) mass is 500 g/mol. The minimum absolute atomic E-state index is 0.0937. The Kier molecular flexibility index (Phi) is 5.68. The van der Waals surface area contributed by atoms with Crippen LogP contribution in [0.3, 0.4) is 0 Å². The number of benzene rings is 1. The lowest BCUT2D eigenvalue weighted by molar-refractivity contribution is 0.0204. The van der Waals surface area contributed by atoms with Crippen molar-refractivity contribution in [1.29, 1.82) is 0 Å². The topological polar surface area (TPSA) is 99.0 Å². The molecule has 3 aromatic rings. The maximum Gasteiger partial charge on any atom is 0.355 e. The lowest BCUT2D eigenvalue weighted by atomic mass is 9.76. The third kappa shape index (κ3) is 4.00. The Hall–Kier alpha value is -3.00. The molecule has 8 nitrogen and oxygen atoms in total. The molecule has 0 amide bonds. The quantitative estimate of drug-likeness (QED) is 0.583. The normalized spacial score (nSPS) is 31.9. The van der Waals surface area contributed by atoms with E-state index in [1.807, 2.05) is 28.8 Å². The molecule has 4 heterocycles. The molecule has 2 N–H and O–H groups in total. The van der Waals surface area contributed by atoms with Gasteiger partial charge in [-0.1, -0.05) is 37.8 Å². The number of nitrogens with zero attached hydrogens (tertiary/aromatic N) is 5. The van der Waals surface area contributed by atoms with Gasteiger partial charge in [-0.2, -0.15) is 4.98 Å². The number of anilines is 1. The molecular weight excluding hydrogens is 464 g/mol. The summed E-state index contributed by atoms with van der Waals surface area (Å²) in [6.45, 7) is 0. The van der Waals surface area contributed by atoms with Crippen molar-refractivity contribution >= 4 is 16.9 Å². The van der Waals surface area contributed by atoms with Crippen molar-refractivity contribution in [3.8, 4) is 5.82 Å². The molecule has 2 saturated heterocycles. The highest BCUT2D eigenvalue weighted by molar-refractivity contribution is 5.75. The van der Waals surface area contributed by atoms with Crippen molar-refractivity contribution in [2.45, 2.75) is 94.8 Å². The van der Waals surface area contributed by atoms with Gasteiger partial charge in [0.25, 0.3) is 5.56 Å². The van der Waals surface area contributed by atoms with Crippen LogP contribution in [-0.4, -0.2) is 42.1 Å². The first-order valence-corrected chi connectivity index (χ1v) is 14.2. The Morgan fingerprint density at radius 3 is 2.16 bits per heavy atom. The second kappa shape index (κ2) is 9.08. The fourth-order valence-electron chi connectivity index (χ4n) is 8.34. The molecule has 2 saturated carbocycles. The van der Waals surface area contributed by atoms with Gasteiger partial charge in [-0.15, -0.1) is 0 Å². The zero-order chi connectivity index (χ0) is 25.1. The molecule has 1 aromatic carbocycles. The summed E-state index contributed by atoms with van der Waals surface area (Å²) >= 11 is 0. The summed E-state index contributed by atoms with van der Waals surface area (Å²) in [5, 5.41) is 0. The van der Waals surface area contributed by atoms with Crippen LogP contribution in [0.5, 0.6) is 0 Å². The number of fused-ring (bicyclic) bond motifs is 5. The summed E-state index contributed by atoms with van der Waals surface area (Å²) < 4.78 is 3.17. The molecule has 2 aromatic heterocycles. The lowest BCUT2D eigenvalue weighted by Crippen LogP contribution is -2.52. The van der Waals surface area contributed by atoms with E-state index in [9.17, 15) is 9.59 Å². The smallest absolute Gasteiger partial charge is 0.355 e. The fraction of sp³-hybridized carbons (Fsp3) is 0.586. The van der Waals surface area contributed by atoms with Gasteiger partial charge >= 0.3 is 5.69 Å². The average Bonchev–Trinajstić information content (AvgIpc) is 3.04. The van der Waals surface area contributed by atoms with Crippen molar-refractivity contribution in [1.82, 2.24) is 24.0 Å². The maximum absolute atomic E-state index is 14.0. The van der Waals surface area contributed by atoms with E-state index in [1.54, 1.807) is 0 Å². The van der Waals surface area contributed by atoms with Crippen LogP contribution >= 0.6 is 0 Å². The number of nitrogen functional groups attached to an aromatic ring is 1. The molecule has 8 heteroatoms. The van der Waals surface area contributed by atoms with E-state index >= 15 is 0 Å². The Balaban J connectivity index is 1.25. The predicted octanol–water partition coefficient (Wildman–Crippen LogP) is 4.05. The molecule has 2 aliphatic heterocycles. The fourth-order valence-corrected chi connectivity index (χ4v) is 8.34. The van der Waals surface area contributed by atoms with Crippen LogP contribution in [0.2, 0.25) is 0 Å². The molecule has 4 aliphatic rings. The van der Waals surface area contributed by atoms with Crippen molar-refractivity contribution in [3.05, 3.63) is 57.4 Å². The van der Waals surface area contributed by atoms with Gasteiger partial charge in [0.05, 0.1) is 11.0 Å². The molecule has 194 valence electrons. The van der Waals surface area contributed by atoms with Gasteiger partial charge in [-0.25, -0.2) is 14.3 Å². The zero-order valence-electron chi connectivity index (χ0n) is 21.3. The van der Waals surface area contributed by atoms with Crippen LogP contribution in [0.25, 0.3) is 16.9 Å². The molecule has 4 atom stereocenters. The van der Waals surface area contributed by atoms with Crippen LogP contribution in [0.4, 0.5) is 5.82 Å². The Morgan fingerprint density at radius 1 is 0.757 bits per heavy atom. The third-order valence-electron chi connectivity index (χ3n) is 9.73. The number of para-hydroxylation sites is 2. The molecule has 7 rings (SSSR count). The van der Waals surface area contributed by atoms with Crippen molar-refractivity contribution in [2.75, 3.05) is 5.73 Å². The van der Waals surface area contributed by atoms with Crippen LogP contribution in [0.1, 0.15) is 76.7 Å². The second-order valence-corrected chi connectivity index (χ2v) is 11.9. The first-order valence-electron chi connectivity index (χ1n) is 14.2. The highest BCUT2D eigenvalue weighted by Gasteiger charge is 2.47. The predicted molar refractivity (Wildman–Crippen MR) is 144 cm³/mol. The van der Waals surface area contributed by atoms with Gasteiger partial charge in [-0.05, 0) is 75.0 Å². The number of hydrogen-bond acceptors (Lipinski definition) is 6. The molecule has 0 spiro atoms. The standard InChI is InChI=1S/C29H36N6O2/c30-26-11-12-33(29(37)32-26)27-28(36)35(25-8-4-3-7-24(25)31-27)23-16-20-9-10-21(17-23)34(20)22-14-18-5-1-2-6-19(13-18)15-22/h3-4,7-8,11-12,18-23H,1-2,5-6,9-10,13-17H2,(H2,30,32,37). The number of hydrogen-bond donors (Lipinski definition) is 1. The molecule has 2 aliphatic carbocycles. The van der Waals surface area contributed by atoms with Crippen molar-refractivity contribution in [2.24, 2.45) is 11.8 Å². The summed E-state index contributed by atoms with van der Waals surface area (Å²) in [7, 11) is 0.